The average Bonchev–Trinajstić information content (AvgIpc) is 2.30. The smallest absolute Gasteiger partial charge is 0.164 e. The van der Waals surface area contributed by atoms with Crippen LogP contribution in [0.4, 0.5) is 8.78 Å². The van der Waals surface area contributed by atoms with Gasteiger partial charge in [0.05, 0.1) is 6.07 Å². The van der Waals surface area contributed by atoms with Gasteiger partial charge in [-0.3, -0.25) is 4.90 Å². The molecule has 0 spiro atoms. The van der Waals surface area contributed by atoms with Crippen LogP contribution < -0.4 is 0 Å². The van der Waals surface area contributed by atoms with Crippen LogP contribution in [0.25, 0.3) is 0 Å². The lowest BCUT2D eigenvalue weighted by Gasteiger charge is -2.24. The van der Waals surface area contributed by atoms with Crippen molar-refractivity contribution in [3.63, 3.8) is 0 Å². The molecule has 0 aromatic heterocycles. The molecule has 0 aliphatic heterocycles. The molecule has 0 aliphatic rings. The van der Waals surface area contributed by atoms with Crippen molar-refractivity contribution < 1.29 is 8.78 Å². The summed E-state index contributed by atoms with van der Waals surface area (Å²) in [5, 5.41) is 9.05. The molecule has 0 aliphatic carbocycles. The third-order valence-electron chi connectivity index (χ3n) is 2.58. The molecule has 0 saturated heterocycles. The van der Waals surface area contributed by atoms with Crippen LogP contribution in [0.2, 0.25) is 0 Å². The molecule has 0 N–H and O–H groups in total. The lowest BCUT2D eigenvalue weighted by Crippen LogP contribution is -2.28. The summed E-state index contributed by atoms with van der Waals surface area (Å²) in [6, 6.07) is 5.20. The molecule has 4 heteroatoms. The van der Waals surface area contributed by atoms with E-state index in [0.717, 1.165) is 6.07 Å². The molecule has 1 aromatic rings. The van der Waals surface area contributed by atoms with E-state index in [1.165, 1.54) is 12.1 Å². The molecule has 1 rings (SSSR count). The summed E-state index contributed by atoms with van der Waals surface area (Å²) in [5.41, 5.74) is 0.103. The van der Waals surface area contributed by atoms with Gasteiger partial charge in [-0.05, 0) is 19.2 Å². The van der Waals surface area contributed by atoms with Crippen LogP contribution >= 0.6 is 0 Å². The first-order valence-electron chi connectivity index (χ1n) is 5.23. The molecule has 0 heterocycles. The van der Waals surface area contributed by atoms with Crippen molar-refractivity contribution in [2.75, 3.05) is 13.1 Å². The highest BCUT2D eigenvalue weighted by Crippen LogP contribution is 2.23. The topological polar surface area (TPSA) is 27.0 Å². The molecule has 0 saturated carbocycles. The Labute approximate surface area is 94.1 Å². The molecule has 0 amide bonds. The molecule has 0 radical (unpaired) electrons. The van der Waals surface area contributed by atoms with Gasteiger partial charge in [0.2, 0.25) is 0 Å². The van der Waals surface area contributed by atoms with Gasteiger partial charge in [0.15, 0.2) is 11.6 Å². The number of nitrogens with zero attached hydrogens (tertiary/aromatic N) is 2. The minimum atomic E-state index is -0.930. The number of hydrogen-bond acceptors (Lipinski definition) is 2. The van der Waals surface area contributed by atoms with Crippen molar-refractivity contribution in [1.29, 1.82) is 5.26 Å². The third kappa shape index (κ3) is 2.37. The molecule has 1 atom stereocenters. The Bertz CT molecular complexity index is 394. The second-order valence-electron chi connectivity index (χ2n) is 3.40. The van der Waals surface area contributed by atoms with Gasteiger partial charge in [-0.15, -0.1) is 0 Å². The molecule has 1 unspecified atom stereocenters. The maximum Gasteiger partial charge on any atom is 0.164 e. The van der Waals surface area contributed by atoms with Crippen LogP contribution in [0.1, 0.15) is 25.5 Å². The SMILES string of the molecule is CCN(CC)C(C#N)c1cccc(F)c1F. The Balaban J connectivity index is 3.14. The average molecular weight is 224 g/mol. The van der Waals surface area contributed by atoms with Gasteiger partial charge in [0, 0.05) is 5.56 Å². The molecule has 2 nitrogen and oxygen atoms in total. The minimum Gasteiger partial charge on any atom is -0.285 e. The Morgan fingerprint density at radius 3 is 2.44 bits per heavy atom. The van der Waals surface area contributed by atoms with E-state index in [2.05, 4.69) is 0 Å². The Morgan fingerprint density at radius 1 is 1.31 bits per heavy atom. The van der Waals surface area contributed by atoms with Crippen LogP contribution in [0.5, 0.6) is 0 Å². The fourth-order valence-corrected chi connectivity index (χ4v) is 1.67. The predicted molar refractivity (Wildman–Crippen MR) is 57.6 cm³/mol. The first kappa shape index (κ1) is 12.6. The highest BCUT2D eigenvalue weighted by atomic mass is 19.2. The summed E-state index contributed by atoms with van der Waals surface area (Å²) in [7, 11) is 0. The van der Waals surface area contributed by atoms with E-state index in [1.54, 1.807) is 4.90 Å². The van der Waals surface area contributed by atoms with Gasteiger partial charge in [-0.2, -0.15) is 5.26 Å². The van der Waals surface area contributed by atoms with Gasteiger partial charge in [0.25, 0.3) is 0 Å². The highest BCUT2D eigenvalue weighted by Gasteiger charge is 2.22. The zero-order valence-electron chi connectivity index (χ0n) is 9.37. The molecule has 86 valence electrons. The molecule has 0 bridgehead atoms. The molecular formula is C12H14F2N2. The standard InChI is InChI=1S/C12H14F2N2/c1-3-16(4-2)11(8-15)9-6-5-7-10(13)12(9)14/h5-7,11H,3-4H2,1-2H3. The van der Waals surface area contributed by atoms with Crippen LogP contribution in [0.15, 0.2) is 18.2 Å². The van der Waals surface area contributed by atoms with E-state index in [4.69, 9.17) is 5.26 Å². The van der Waals surface area contributed by atoms with Crippen LogP contribution in [-0.2, 0) is 0 Å². The number of hydrogen-bond donors (Lipinski definition) is 0. The monoisotopic (exact) mass is 224 g/mol. The van der Waals surface area contributed by atoms with E-state index in [9.17, 15) is 8.78 Å². The number of rotatable bonds is 4. The summed E-state index contributed by atoms with van der Waals surface area (Å²) in [6.45, 7) is 4.99. The van der Waals surface area contributed by atoms with E-state index >= 15 is 0 Å². The normalized spacial score (nSPS) is 12.5. The van der Waals surface area contributed by atoms with Gasteiger partial charge in [-0.25, -0.2) is 8.78 Å². The van der Waals surface area contributed by atoms with E-state index < -0.39 is 17.7 Å². The lowest BCUT2D eigenvalue weighted by atomic mass is 10.1. The zero-order chi connectivity index (χ0) is 12.1. The van der Waals surface area contributed by atoms with E-state index in [0.29, 0.717) is 13.1 Å². The lowest BCUT2D eigenvalue weighted by molar-refractivity contribution is 0.256. The van der Waals surface area contributed by atoms with Crippen LogP contribution in [-0.4, -0.2) is 18.0 Å². The predicted octanol–water partition coefficient (Wildman–Crippen LogP) is 2.87. The highest BCUT2D eigenvalue weighted by molar-refractivity contribution is 5.26. The van der Waals surface area contributed by atoms with Crippen molar-refractivity contribution >= 4 is 0 Å². The maximum atomic E-state index is 13.5. The number of benzene rings is 1. The van der Waals surface area contributed by atoms with Gasteiger partial charge < -0.3 is 0 Å². The van der Waals surface area contributed by atoms with Crippen molar-refractivity contribution in [3.8, 4) is 6.07 Å². The van der Waals surface area contributed by atoms with Crippen LogP contribution in [0, 0.1) is 23.0 Å². The first-order valence-corrected chi connectivity index (χ1v) is 5.23. The summed E-state index contributed by atoms with van der Waals surface area (Å²) < 4.78 is 26.6. The van der Waals surface area contributed by atoms with Crippen molar-refractivity contribution in [2.45, 2.75) is 19.9 Å². The Hall–Kier alpha value is -1.47. The molecule has 0 fully saturated rings. The molecule has 1 aromatic carbocycles. The quantitative estimate of drug-likeness (QED) is 0.786. The largest absolute Gasteiger partial charge is 0.285 e. The summed E-state index contributed by atoms with van der Waals surface area (Å²) in [6.07, 6.45) is 0. The van der Waals surface area contributed by atoms with Crippen molar-refractivity contribution in [3.05, 3.63) is 35.4 Å². The number of halogens is 2. The minimum absolute atomic E-state index is 0.103. The van der Waals surface area contributed by atoms with Crippen molar-refractivity contribution in [2.24, 2.45) is 0 Å². The van der Waals surface area contributed by atoms with E-state index in [1.807, 2.05) is 19.9 Å². The maximum absolute atomic E-state index is 13.5. The van der Waals surface area contributed by atoms with E-state index in [-0.39, 0.29) is 5.56 Å². The zero-order valence-corrected chi connectivity index (χ0v) is 9.37. The molecular weight excluding hydrogens is 210 g/mol. The Kier molecular flexibility index (Phi) is 4.39. The second kappa shape index (κ2) is 5.57. The number of nitriles is 1. The summed E-state index contributed by atoms with van der Waals surface area (Å²) in [4.78, 5) is 1.78. The fraction of sp³-hybridized carbons (Fsp3) is 0.417. The Morgan fingerprint density at radius 2 is 1.94 bits per heavy atom. The summed E-state index contributed by atoms with van der Waals surface area (Å²) in [5.74, 6) is -1.84. The van der Waals surface area contributed by atoms with Crippen molar-refractivity contribution in [1.82, 2.24) is 4.90 Å². The van der Waals surface area contributed by atoms with Gasteiger partial charge >= 0.3 is 0 Å². The second-order valence-corrected chi connectivity index (χ2v) is 3.40. The van der Waals surface area contributed by atoms with Gasteiger partial charge in [0.1, 0.15) is 6.04 Å². The van der Waals surface area contributed by atoms with Crippen LogP contribution in [0.3, 0.4) is 0 Å². The first-order chi connectivity index (χ1) is 7.65. The fourth-order valence-electron chi connectivity index (χ4n) is 1.67. The van der Waals surface area contributed by atoms with Gasteiger partial charge in [-0.1, -0.05) is 26.0 Å². The summed E-state index contributed by atoms with van der Waals surface area (Å²) >= 11 is 0. The molecule has 16 heavy (non-hydrogen) atoms. The third-order valence-corrected chi connectivity index (χ3v) is 2.58.